The van der Waals surface area contributed by atoms with E-state index in [9.17, 15) is 19.7 Å². The van der Waals surface area contributed by atoms with Crippen molar-refractivity contribution in [3.05, 3.63) is 116 Å². The highest BCUT2D eigenvalue weighted by Gasteiger charge is 2.34. The minimum atomic E-state index is -0.573. The van der Waals surface area contributed by atoms with Gasteiger partial charge in [0.1, 0.15) is 0 Å². The molecule has 0 radical (unpaired) electrons. The Bertz CT molecular complexity index is 1620. The van der Waals surface area contributed by atoms with Crippen molar-refractivity contribution in [3.63, 3.8) is 0 Å². The second-order valence-electron chi connectivity index (χ2n) is 7.96. The summed E-state index contributed by atoms with van der Waals surface area (Å²) in [6.07, 6.45) is 3.38. The second-order valence-corrected chi connectivity index (χ2v) is 10.0. The first-order chi connectivity index (χ1) is 18.3. The lowest BCUT2D eigenvalue weighted by Gasteiger charge is -2.16. The van der Waals surface area contributed by atoms with Gasteiger partial charge in [-0.1, -0.05) is 53.7 Å². The van der Waals surface area contributed by atoms with E-state index >= 15 is 0 Å². The lowest BCUT2D eigenvalue weighted by atomic mass is 10.1. The van der Waals surface area contributed by atoms with E-state index in [0.29, 0.717) is 16.8 Å². The Morgan fingerprint density at radius 1 is 1.05 bits per heavy atom. The fourth-order valence-electron chi connectivity index (χ4n) is 3.68. The molecule has 5 rings (SSSR count). The van der Waals surface area contributed by atoms with E-state index in [-0.39, 0.29) is 25.5 Å². The number of halogens is 1. The Morgan fingerprint density at radius 2 is 1.74 bits per heavy atom. The van der Waals surface area contributed by atoms with Crippen LogP contribution in [0.15, 0.2) is 90.0 Å². The zero-order valence-electron chi connectivity index (χ0n) is 19.3. The van der Waals surface area contributed by atoms with E-state index in [2.05, 4.69) is 10.5 Å². The van der Waals surface area contributed by atoms with Gasteiger partial charge in [-0.3, -0.25) is 25.1 Å². The molecule has 2 amide bonds. The summed E-state index contributed by atoms with van der Waals surface area (Å²) >= 11 is 12.5. The van der Waals surface area contributed by atoms with Crippen LogP contribution >= 0.6 is 35.6 Å². The maximum Gasteiger partial charge on any atom is 0.285 e. The molecular formula is C26H16ClN5O4S2. The summed E-state index contributed by atoms with van der Waals surface area (Å²) < 4.78 is 1.80. The standard InChI is InChI=1S/C26H16ClN5O4S2/c27-21-9-5-4-8-20(21)24(33)29-31-25(34)22(38-26(31)37)14-17-15-30(18-6-2-1-3-7-18)28-23(17)16-10-12-19(13-11-16)32(35)36/h1-15H,(H,29,33). The van der Waals surface area contributed by atoms with Crippen LogP contribution < -0.4 is 5.43 Å². The van der Waals surface area contributed by atoms with Gasteiger partial charge in [0.2, 0.25) is 0 Å². The maximum atomic E-state index is 13.2. The van der Waals surface area contributed by atoms with Gasteiger partial charge < -0.3 is 0 Å². The lowest BCUT2D eigenvalue weighted by Crippen LogP contribution is -2.44. The van der Waals surface area contributed by atoms with Gasteiger partial charge in [-0.15, -0.1) is 0 Å². The number of carbonyl (C=O) groups excluding carboxylic acids is 2. The quantitative estimate of drug-likeness (QED) is 0.140. The molecule has 1 aliphatic heterocycles. The van der Waals surface area contributed by atoms with Crippen molar-refractivity contribution in [2.24, 2.45) is 0 Å². The number of nitro benzene ring substituents is 1. The molecule has 4 aromatic rings. The van der Waals surface area contributed by atoms with Gasteiger partial charge in [0, 0.05) is 29.5 Å². The van der Waals surface area contributed by atoms with Gasteiger partial charge in [0.15, 0.2) is 4.32 Å². The molecule has 2 heterocycles. The molecule has 38 heavy (non-hydrogen) atoms. The molecule has 1 aromatic heterocycles. The summed E-state index contributed by atoms with van der Waals surface area (Å²) in [5.41, 5.74) is 5.18. The number of carbonyl (C=O) groups is 2. The van der Waals surface area contributed by atoms with Crippen LogP contribution in [0, 0.1) is 10.1 Å². The van der Waals surface area contributed by atoms with Crippen molar-refractivity contribution in [1.82, 2.24) is 20.2 Å². The normalized spacial score (nSPS) is 14.2. The number of nitrogens with one attached hydrogen (secondary N) is 1. The molecule has 0 saturated carbocycles. The van der Waals surface area contributed by atoms with E-state index in [1.54, 1.807) is 53.4 Å². The molecule has 1 N–H and O–H groups in total. The van der Waals surface area contributed by atoms with E-state index in [4.69, 9.17) is 23.8 Å². The highest BCUT2D eigenvalue weighted by molar-refractivity contribution is 8.26. The topological polar surface area (TPSA) is 110 Å². The van der Waals surface area contributed by atoms with E-state index in [0.717, 1.165) is 22.5 Å². The fourth-order valence-corrected chi connectivity index (χ4v) is 5.08. The molecule has 0 aliphatic carbocycles. The SMILES string of the molecule is O=C(NN1C(=O)C(=Cc2cn(-c3ccccc3)nc2-c2ccc([N+](=O)[O-])cc2)SC1=S)c1ccccc1Cl. The van der Waals surface area contributed by atoms with Crippen LogP contribution in [-0.4, -0.2) is 35.8 Å². The Hall–Kier alpha value is -4.32. The summed E-state index contributed by atoms with van der Waals surface area (Å²) in [6.45, 7) is 0. The first kappa shape index (κ1) is 25.3. The number of rotatable bonds is 6. The maximum absolute atomic E-state index is 13.2. The minimum Gasteiger partial charge on any atom is -0.267 e. The van der Waals surface area contributed by atoms with Crippen LogP contribution in [-0.2, 0) is 4.79 Å². The summed E-state index contributed by atoms with van der Waals surface area (Å²) in [5.74, 6) is -1.08. The summed E-state index contributed by atoms with van der Waals surface area (Å²) in [4.78, 5) is 36.8. The number of nitro groups is 1. The van der Waals surface area contributed by atoms with Gasteiger partial charge in [0.05, 0.1) is 31.8 Å². The number of hydrogen-bond donors (Lipinski definition) is 1. The number of benzene rings is 3. The van der Waals surface area contributed by atoms with Gasteiger partial charge in [0.25, 0.3) is 17.5 Å². The van der Waals surface area contributed by atoms with Crippen molar-refractivity contribution in [2.45, 2.75) is 0 Å². The third-order valence-corrected chi connectivity index (χ3v) is 7.16. The summed E-state index contributed by atoms with van der Waals surface area (Å²) in [6, 6.07) is 21.8. The Labute approximate surface area is 230 Å². The molecule has 1 saturated heterocycles. The number of amides is 2. The number of nitrogens with zero attached hydrogens (tertiary/aromatic N) is 4. The molecule has 188 valence electrons. The number of aromatic nitrogens is 2. The molecule has 0 unspecified atom stereocenters. The van der Waals surface area contributed by atoms with Gasteiger partial charge in [-0.2, -0.15) is 10.1 Å². The molecular weight excluding hydrogens is 546 g/mol. The zero-order valence-corrected chi connectivity index (χ0v) is 21.7. The van der Waals surface area contributed by atoms with Crippen LogP contribution in [0.2, 0.25) is 5.02 Å². The Morgan fingerprint density at radius 3 is 2.42 bits per heavy atom. The number of hydrazine groups is 1. The monoisotopic (exact) mass is 561 g/mol. The van der Waals surface area contributed by atoms with Gasteiger partial charge in [-0.05, 0) is 54.7 Å². The largest absolute Gasteiger partial charge is 0.285 e. The average molecular weight is 562 g/mol. The molecule has 0 spiro atoms. The van der Waals surface area contributed by atoms with Crippen LogP contribution in [0.3, 0.4) is 0 Å². The zero-order chi connectivity index (χ0) is 26.8. The predicted octanol–water partition coefficient (Wildman–Crippen LogP) is 5.65. The number of thioether (sulfide) groups is 1. The number of hydrogen-bond acceptors (Lipinski definition) is 7. The molecule has 1 aliphatic rings. The summed E-state index contributed by atoms with van der Waals surface area (Å²) in [5, 5.41) is 17.0. The average Bonchev–Trinajstić information content (AvgIpc) is 3.46. The lowest BCUT2D eigenvalue weighted by molar-refractivity contribution is -0.384. The highest BCUT2D eigenvalue weighted by Crippen LogP contribution is 2.34. The van der Waals surface area contributed by atoms with Crippen LogP contribution in [0.5, 0.6) is 0 Å². The molecule has 0 bridgehead atoms. The van der Waals surface area contributed by atoms with Crippen molar-refractivity contribution in [1.29, 1.82) is 0 Å². The van der Waals surface area contributed by atoms with Crippen LogP contribution in [0.4, 0.5) is 5.69 Å². The number of non-ortho nitro benzene ring substituents is 1. The van der Waals surface area contributed by atoms with Crippen molar-refractivity contribution < 1.29 is 14.5 Å². The number of thiocarbonyl (C=S) groups is 1. The van der Waals surface area contributed by atoms with Crippen LogP contribution in [0.1, 0.15) is 15.9 Å². The van der Waals surface area contributed by atoms with E-state index < -0.39 is 16.7 Å². The van der Waals surface area contributed by atoms with Crippen LogP contribution in [0.25, 0.3) is 23.0 Å². The third-order valence-electron chi connectivity index (χ3n) is 5.53. The highest BCUT2D eigenvalue weighted by atomic mass is 35.5. The van der Waals surface area contributed by atoms with Crippen molar-refractivity contribution >= 4 is 63.5 Å². The van der Waals surface area contributed by atoms with Gasteiger partial charge in [-0.25, -0.2) is 4.68 Å². The van der Waals surface area contributed by atoms with Gasteiger partial charge >= 0.3 is 0 Å². The first-order valence-electron chi connectivity index (χ1n) is 11.1. The van der Waals surface area contributed by atoms with Crippen molar-refractivity contribution in [2.75, 3.05) is 0 Å². The van der Waals surface area contributed by atoms with E-state index in [1.807, 2.05) is 30.3 Å². The second kappa shape index (κ2) is 10.6. The van der Waals surface area contributed by atoms with Crippen molar-refractivity contribution in [3.8, 4) is 16.9 Å². The fraction of sp³-hybridized carbons (Fsp3) is 0. The molecule has 3 aromatic carbocycles. The Balaban J connectivity index is 1.49. The molecule has 1 fully saturated rings. The smallest absolute Gasteiger partial charge is 0.267 e. The van der Waals surface area contributed by atoms with E-state index in [1.165, 1.54) is 12.1 Å². The first-order valence-corrected chi connectivity index (χ1v) is 12.7. The number of para-hydroxylation sites is 1. The molecule has 0 atom stereocenters. The molecule has 9 nitrogen and oxygen atoms in total. The molecule has 12 heteroatoms. The summed E-state index contributed by atoms with van der Waals surface area (Å²) in [7, 11) is 0. The minimum absolute atomic E-state index is 0.0482. The Kier molecular flexibility index (Phi) is 7.05. The predicted molar refractivity (Wildman–Crippen MR) is 150 cm³/mol. The third kappa shape index (κ3) is 5.07.